The highest BCUT2D eigenvalue weighted by atomic mass is 16.2. The Morgan fingerprint density at radius 1 is 0.844 bits per heavy atom. The highest BCUT2D eigenvalue weighted by Gasteiger charge is 2.38. The number of nitrogens with one attached hydrogen (secondary N) is 1. The van der Waals surface area contributed by atoms with Crippen molar-refractivity contribution in [2.75, 3.05) is 14.1 Å². The minimum atomic E-state index is -0.892. The maximum atomic E-state index is 13.3. The first-order valence-corrected chi connectivity index (χ1v) is 10.7. The molecule has 0 fully saturated rings. The fourth-order valence-corrected chi connectivity index (χ4v) is 3.71. The quantitative estimate of drug-likeness (QED) is 0.332. The van der Waals surface area contributed by atoms with Crippen LogP contribution in [0, 0.1) is 5.92 Å². The molecule has 0 bridgehead atoms. The molecule has 3 aromatic carbocycles. The number of carbonyl (C=O) groups excluding carboxylic acids is 2. The van der Waals surface area contributed by atoms with Gasteiger partial charge < -0.3 is 10.2 Å². The van der Waals surface area contributed by atoms with Crippen molar-refractivity contribution >= 4 is 18.2 Å². The fraction of sp³-hybridized carbons (Fsp3) is 0.222. The van der Waals surface area contributed by atoms with Crippen molar-refractivity contribution in [1.29, 1.82) is 0 Å². The summed E-state index contributed by atoms with van der Waals surface area (Å²) in [5.74, 6) is -1.08. The zero-order valence-electron chi connectivity index (χ0n) is 18.7. The zero-order chi connectivity index (χ0) is 23.0. The Morgan fingerprint density at radius 2 is 1.25 bits per heavy atom. The number of hydrogen-bond acceptors (Lipinski definition) is 2. The van der Waals surface area contributed by atoms with Crippen LogP contribution in [-0.4, -0.2) is 37.1 Å². The molecule has 0 aromatic heterocycles. The van der Waals surface area contributed by atoms with Crippen LogP contribution in [0.15, 0.2) is 96.0 Å². The molecular weight excluding hydrogens is 398 g/mol. The molecule has 0 unspecified atom stereocenters. The monoisotopic (exact) mass is 427 g/mol. The van der Waals surface area contributed by atoms with Crippen LogP contribution in [0.1, 0.15) is 30.0 Å². The van der Waals surface area contributed by atoms with Crippen molar-refractivity contribution in [3.63, 3.8) is 0 Å². The standard InChI is InChI=1S/C27H29N3O2/c1-21(26(32)28-20-30(2)3)19-25(31)29-27(22-13-7-4-8-14-22,23-15-9-5-10-16-23)24-17-11-6-12-18-24/h4-18,20-21H,19H2,1-3H3,(H,29,31)/b28-20+/t21-/m1/s1. The zero-order valence-corrected chi connectivity index (χ0v) is 18.7. The smallest absolute Gasteiger partial charge is 0.250 e. The molecule has 3 rings (SSSR count). The average Bonchev–Trinajstić information content (AvgIpc) is 2.82. The highest BCUT2D eigenvalue weighted by Crippen LogP contribution is 2.37. The van der Waals surface area contributed by atoms with Gasteiger partial charge in [-0.2, -0.15) is 0 Å². The summed E-state index contributed by atoms with van der Waals surface area (Å²) >= 11 is 0. The maximum absolute atomic E-state index is 13.3. The van der Waals surface area contributed by atoms with E-state index in [1.807, 2.05) is 91.0 Å². The molecule has 0 spiro atoms. The Kier molecular flexibility index (Phi) is 7.55. The first kappa shape index (κ1) is 22.9. The van der Waals surface area contributed by atoms with Crippen LogP contribution in [-0.2, 0) is 15.1 Å². The molecule has 32 heavy (non-hydrogen) atoms. The number of rotatable bonds is 8. The second-order valence-corrected chi connectivity index (χ2v) is 8.05. The minimum absolute atomic E-state index is 0.0395. The van der Waals surface area contributed by atoms with Gasteiger partial charge in [0.2, 0.25) is 11.8 Å². The molecule has 0 saturated carbocycles. The Hall–Kier alpha value is -3.73. The first-order chi connectivity index (χ1) is 15.4. The third kappa shape index (κ3) is 5.30. The van der Waals surface area contributed by atoms with Crippen LogP contribution in [0.25, 0.3) is 0 Å². The normalized spacial score (nSPS) is 12.3. The van der Waals surface area contributed by atoms with Gasteiger partial charge >= 0.3 is 0 Å². The predicted molar refractivity (Wildman–Crippen MR) is 128 cm³/mol. The molecule has 2 amide bonds. The number of benzene rings is 3. The van der Waals surface area contributed by atoms with Gasteiger partial charge in [-0.15, -0.1) is 0 Å². The Balaban J connectivity index is 2.02. The molecule has 0 aliphatic carbocycles. The summed E-state index contributed by atoms with van der Waals surface area (Å²) < 4.78 is 0. The van der Waals surface area contributed by atoms with Crippen LogP contribution in [0.2, 0.25) is 0 Å². The van der Waals surface area contributed by atoms with E-state index in [9.17, 15) is 9.59 Å². The Morgan fingerprint density at radius 3 is 1.62 bits per heavy atom. The summed E-state index contributed by atoms with van der Waals surface area (Å²) in [6, 6.07) is 29.7. The molecule has 1 N–H and O–H groups in total. The molecule has 1 atom stereocenters. The molecule has 164 valence electrons. The minimum Gasteiger partial charge on any atom is -0.369 e. The molecule has 0 aliphatic heterocycles. The van der Waals surface area contributed by atoms with E-state index < -0.39 is 11.5 Å². The molecule has 5 nitrogen and oxygen atoms in total. The van der Waals surface area contributed by atoms with Gasteiger partial charge in [-0.05, 0) is 16.7 Å². The van der Waals surface area contributed by atoms with E-state index in [4.69, 9.17) is 0 Å². The van der Waals surface area contributed by atoms with Gasteiger partial charge in [-0.3, -0.25) is 9.59 Å². The van der Waals surface area contributed by atoms with Crippen LogP contribution >= 0.6 is 0 Å². The lowest BCUT2D eigenvalue weighted by molar-refractivity contribution is -0.128. The van der Waals surface area contributed by atoms with Gasteiger partial charge in [0.1, 0.15) is 5.54 Å². The average molecular weight is 428 g/mol. The van der Waals surface area contributed by atoms with Gasteiger partial charge in [-0.25, -0.2) is 4.99 Å². The van der Waals surface area contributed by atoms with E-state index in [-0.39, 0.29) is 18.2 Å². The number of hydrogen-bond donors (Lipinski definition) is 1. The third-order valence-corrected chi connectivity index (χ3v) is 5.28. The molecule has 3 aromatic rings. The predicted octanol–water partition coefficient (Wildman–Crippen LogP) is 4.24. The summed E-state index contributed by atoms with van der Waals surface area (Å²) in [6.45, 7) is 1.73. The lowest BCUT2D eigenvalue weighted by Crippen LogP contribution is -2.48. The maximum Gasteiger partial charge on any atom is 0.250 e. The molecule has 0 radical (unpaired) electrons. The largest absolute Gasteiger partial charge is 0.369 e. The summed E-state index contributed by atoms with van der Waals surface area (Å²) in [5, 5.41) is 3.28. The van der Waals surface area contributed by atoms with E-state index in [2.05, 4.69) is 10.3 Å². The van der Waals surface area contributed by atoms with Gasteiger partial charge in [0, 0.05) is 26.4 Å². The van der Waals surface area contributed by atoms with Crippen molar-refractivity contribution in [3.8, 4) is 0 Å². The third-order valence-electron chi connectivity index (χ3n) is 5.28. The van der Waals surface area contributed by atoms with Crippen LogP contribution in [0.4, 0.5) is 0 Å². The van der Waals surface area contributed by atoms with E-state index in [1.54, 1.807) is 25.9 Å². The second-order valence-electron chi connectivity index (χ2n) is 8.05. The number of aliphatic imine (C=N–C) groups is 1. The second kappa shape index (κ2) is 10.5. The lowest BCUT2D eigenvalue weighted by atomic mass is 9.76. The number of carbonyl (C=O) groups is 2. The van der Waals surface area contributed by atoms with Crippen LogP contribution in [0.5, 0.6) is 0 Å². The Bertz CT molecular complexity index is 951. The van der Waals surface area contributed by atoms with Gasteiger partial charge in [0.15, 0.2) is 0 Å². The van der Waals surface area contributed by atoms with E-state index in [0.29, 0.717) is 0 Å². The van der Waals surface area contributed by atoms with Gasteiger partial charge in [0.05, 0.1) is 6.34 Å². The molecule has 0 saturated heterocycles. The van der Waals surface area contributed by atoms with E-state index in [0.717, 1.165) is 16.7 Å². The van der Waals surface area contributed by atoms with Crippen molar-refractivity contribution in [3.05, 3.63) is 108 Å². The summed E-state index contributed by atoms with van der Waals surface area (Å²) in [4.78, 5) is 31.3. The molecule has 5 heteroatoms. The molecular formula is C27H29N3O2. The van der Waals surface area contributed by atoms with E-state index in [1.165, 1.54) is 6.34 Å². The first-order valence-electron chi connectivity index (χ1n) is 10.7. The summed E-state index contributed by atoms with van der Waals surface area (Å²) in [5.41, 5.74) is 1.93. The van der Waals surface area contributed by atoms with Crippen molar-refractivity contribution in [2.24, 2.45) is 10.9 Å². The lowest BCUT2D eigenvalue weighted by Gasteiger charge is -2.37. The fourth-order valence-electron chi connectivity index (χ4n) is 3.71. The van der Waals surface area contributed by atoms with Crippen LogP contribution < -0.4 is 5.32 Å². The highest BCUT2D eigenvalue weighted by molar-refractivity contribution is 5.90. The summed E-state index contributed by atoms with van der Waals surface area (Å²) in [7, 11) is 3.59. The van der Waals surface area contributed by atoms with Gasteiger partial charge in [-0.1, -0.05) is 97.9 Å². The molecule has 0 aliphatic rings. The van der Waals surface area contributed by atoms with Crippen molar-refractivity contribution in [2.45, 2.75) is 18.9 Å². The number of amides is 2. The Labute approximate surface area is 189 Å². The summed E-state index contributed by atoms with van der Waals surface area (Å²) in [6.07, 6.45) is 1.50. The van der Waals surface area contributed by atoms with Crippen molar-refractivity contribution < 1.29 is 9.59 Å². The SMILES string of the molecule is C[C@H](CC(=O)NC(c1ccccc1)(c1ccccc1)c1ccccc1)C(=O)/N=C/N(C)C. The van der Waals surface area contributed by atoms with E-state index >= 15 is 0 Å². The van der Waals surface area contributed by atoms with Gasteiger partial charge in [0.25, 0.3) is 0 Å². The topological polar surface area (TPSA) is 61.8 Å². The van der Waals surface area contributed by atoms with Crippen LogP contribution in [0.3, 0.4) is 0 Å². The number of nitrogens with zero attached hydrogens (tertiary/aromatic N) is 2. The van der Waals surface area contributed by atoms with Crippen molar-refractivity contribution in [1.82, 2.24) is 10.2 Å². The molecule has 0 heterocycles.